The van der Waals surface area contributed by atoms with Gasteiger partial charge in [-0.05, 0) is 30.6 Å². The lowest BCUT2D eigenvalue weighted by Gasteiger charge is -2.40. The first-order chi connectivity index (χ1) is 5.06. The maximum atomic E-state index is 5.38. The van der Waals surface area contributed by atoms with Crippen LogP contribution in [-0.4, -0.2) is 13.2 Å². The molecule has 0 aromatic carbocycles. The van der Waals surface area contributed by atoms with Gasteiger partial charge in [0.2, 0.25) is 0 Å². The molecule has 1 fully saturated rings. The highest BCUT2D eigenvalue weighted by Crippen LogP contribution is 2.40. The van der Waals surface area contributed by atoms with E-state index in [0.29, 0.717) is 11.5 Å². The van der Waals surface area contributed by atoms with E-state index in [0.717, 1.165) is 5.92 Å². The van der Waals surface area contributed by atoms with Gasteiger partial charge in [-0.15, -0.1) is 0 Å². The fourth-order valence-electron chi connectivity index (χ4n) is 1.92. The first-order valence-corrected chi connectivity index (χ1v) is 4.59. The highest BCUT2D eigenvalue weighted by Gasteiger charge is 2.33. The summed E-state index contributed by atoms with van der Waals surface area (Å²) >= 11 is 0. The predicted octanol–water partition coefficient (Wildman–Crippen LogP) is 2.85. The summed E-state index contributed by atoms with van der Waals surface area (Å²) in [6.07, 6.45) is 4.32. The van der Waals surface area contributed by atoms with Crippen molar-refractivity contribution < 1.29 is 4.74 Å². The van der Waals surface area contributed by atoms with Gasteiger partial charge in [0.05, 0.1) is 6.10 Å². The van der Waals surface area contributed by atoms with Crippen LogP contribution in [0.15, 0.2) is 0 Å². The van der Waals surface area contributed by atoms with Crippen molar-refractivity contribution in [2.75, 3.05) is 7.11 Å². The van der Waals surface area contributed by atoms with Gasteiger partial charge in [-0.3, -0.25) is 0 Å². The summed E-state index contributed by atoms with van der Waals surface area (Å²) in [5.41, 5.74) is 0.485. The topological polar surface area (TPSA) is 9.23 Å². The molecule has 0 aliphatic heterocycles. The van der Waals surface area contributed by atoms with E-state index in [1.807, 2.05) is 7.11 Å². The monoisotopic (exact) mass is 156 g/mol. The molecule has 0 N–H and O–H groups in total. The van der Waals surface area contributed by atoms with Gasteiger partial charge in [0.25, 0.3) is 0 Å². The summed E-state index contributed by atoms with van der Waals surface area (Å²) in [5, 5.41) is 0. The van der Waals surface area contributed by atoms with Crippen molar-refractivity contribution in [2.45, 2.75) is 46.1 Å². The standard InChI is InChI=1S/C10H20O/c1-8-5-6-9(11-4)7-10(8,2)3/h8-9H,5-7H2,1-4H3. The third-order valence-electron chi connectivity index (χ3n) is 3.34. The Morgan fingerprint density at radius 1 is 1.27 bits per heavy atom. The molecule has 1 aliphatic carbocycles. The van der Waals surface area contributed by atoms with Crippen LogP contribution in [0.5, 0.6) is 0 Å². The number of ether oxygens (including phenoxy) is 1. The van der Waals surface area contributed by atoms with Crippen LogP contribution in [0.2, 0.25) is 0 Å². The second-order valence-electron chi connectivity index (χ2n) is 4.53. The van der Waals surface area contributed by atoms with E-state index in [-0.39, 0.29) is 0 Å². The zero-order valence-corrected chi connectivity index (χ0v) is 8.18. The molecule has 11 heavy (non-hydrogen) atoms. The van der Waals surface area contributed by atoms with E-state index in [2.05, 4.69) is 20.8 Å². The normalized spacial score (nSPS) is 37.1. The van der Waals surface area contributed by atoms with Gasteiger partial charge in [-0.1, -0.05) is 20.8 Å². The fraction of sp³-hybridized carbons (Fsp3) is 1.00. The number of rotatable bonds is 1. The minimum atomic E-state index is 0.485. The molecule has 66 valence electrons. The van der Waals surface area contributed by atoms with Crippen molar-refractivity contribution in [1.29, 1.82) is 0 Å². The second kappa shape index (κ2) is 3.14. The molecule has 1 saturated carbocycles. The van der Waals surface area contributed by atoms with E-state index in [9.17, 15) is 0 Å². The predicted molar refractivity (Wildman–Crippen MR) is 47.6 cm³/mol. The SMILES string of the molecule is COC1CCC(C)C(C)(C)C1. The van der Waals surface area contributed by atoms with Crippen LogP contribution >= 0.6 is 0 Å². The molecule has 2 atom stereocenters. The maximum absolute atomic E-state index is 5.38. The summed E-state index contributed by atoms with van der Waals surface area (Å²) in [6.45, 7) is 7.05. The summed E-state index contributed by atoms with van der Waals surface area (Å²) in [7, 11) is 1.83. The van der Waals surface area contributed by atoms with Crippen LogP contribution in [0.25, 0.3) is 0 Å². The Hall–Kier alpha value is -0.0400. The van der Waals surface area contributed by atoms with Gasteiger partial charge in [-0.25, -0.2) is 0 Å². The Morgan fingerprint density at radius 3 is 2.36 bits per heavy atom. The average Bonchev–Trinajstić information content (AvgIpc) is 1.95. The molecule has 1 rings (SSSR count). The van der Waals surface area contributed by atoms with Gasteiger partial charge < -0.3 is 4.74 Å². The lowest BCUT2D eigenvalue weighted by Crippen LogP contribution is -2.33. The molecule has 0 amide bonds. The minimum absolute atomic E-state index is 0.485. The van der Waals surface area contributed by atoms with E-state index in [1.165, 1.54) is 19.3 Å². The summed E-state index contributed by atoms with van der Waals surface area (Å²) in [5.74, 6) is 0.855. The average molecular weight is 156 g/mol. The molecule has 1 aliphatic rings. The van der Waals surface area contributed by atoms with E-state index in [1.54, 1.807) is 0 Å². The van der Waals surface area contributed by atoms with Crippen molar-refractivity contribution in [1.82, 2.24) is 0 Å². The molecule has 0 bridgehead atoms. The number of hydrogen-bond donors (Lipinski definition) is 0. The van der Waals surface area contributed by atoms with Crippen LogP contribution in [0, 0.1) is 11.3 Å². The van der Waals surface area contributed by atoms with Crippen molar-refractivity contribution in [2.24, 2.45) is 11.3 Å². The molecule has 0 aromatic heterocycles. The molecule has 1 heteroatoms. The molecular weight excluding hydrogens is 136 g/mol. The summed E-state index contributed by atoms with van der Waals surface area (Å²) in [4.78, 5) is 0. The maximum Gasteiger partial charge on any atom is 0.0576 e. The molecule has 0 radical (unpaired) electrons. The molecule has 2 unspecified atom stereocenters. The molecule has 0 saturated heterocycles. The van der Waals surface area contributed by atoms with Crippen LogP contribution < -0.4 is 0 Å². The molecule has 0 heterocycles. The van der Waals surface area contributed by atoms with Crippen LogP contribution in [0.4, 0.5) is 0 Å². The highest BCUT2D eigenvalue weighted by molar-refractivity contribution is 4.84. The molecule has 0 aromatic rings. The second-order valence-corrected chi connectivity index (χ2v) is 4.53. The summed E-state index contributed by atoms with van der Waals surface area (Å²) in [6, 6.07) is 0. The third-order valence-corrected chi connectivity index (χ3v) is 3.34. The fourth-order valence-corrected chi connectivity index (χ4v) is 1.92. The Labute approximate surface area is 70.1 Å². The van der Waals surface area contributed by atoms with Gasteiger partial charge in [0.1, 0.15) is 0 Å². The van der Waals surface area contributed by atoms with Crippen LogP contribution in [0.3, 0.4) is 0 Å². The van der Waals surface area contributed by atoms with E-state index < -0.39 is 0 Å². The first kappa shape index (κ1) is 9.05. The van der Waals surface area contributed by atoms with Crippen molar-refractivity contribution >= 4 is 0 Å². The zero-order chi connectivity index (χ0) is 8.48. The summed E-state index contributed by atoms with van der Waals surface area (Å²) < 4.78 is 5.38. The lowest BCUT2D eigenvalue weighted by molar-refractivity contribution is -0.000688. The quantitative estimate of drug-likeness (QED) is 0.567. The highest BCUT2D eigenvalue weighted by atomic mass is 16.5. The Kier molecular flexibility index (Phi) is 2.58. The van der Waals surface area contributed by atoms with Crippen molar-refractivity contribution in [3.63, 3.8) is 0 Å². The zero-order valence-electron chi connectivity index (χ0n) is 8.18. The third kappa shape index (κ3) is 1.96. The minimum Gasteiger partial charge on any atom is -0.381 e. The van der Waals surface area contributed by atoms with Crippen LogP contribution in [0.1, 0.15) is 40.0 Å². The van der Waals surface area contributed by atoms with Gasteiger partial charge in [-0.2, -0.15) is 0 Å². The Morgan fingerprint density at radius 2 is 1.91 bits per heavy atom. The van der Waals surface area contributed by atoms with E-state index >= 15 is 0 Å². The molecule has 0 spiro atoms. The smallest absolute Gasteiger partial charge is 0.0576 e. The van der Waals surface area contributed by atoms with Gasteiger partial charge >= 0.3 is 0 Å². The Balaban J connectivity index is 2.52. The van der Waals surface area contributed by atoms with Gasteiger partial charge in [0, 0.05) is 7.11 Å². The molecule has 1 nitrogen and oxygen atoms in total. The first-order valence-electron chi connectivity index (χ1n) is 4.59. The van der Waals surface area contributed by atoms with Crippen LogP contribution in [-0.2, 0) is 4.74 Å². The van der Waals surface area contributed by atoms with Gasteiger partial charge in [0.15, 0.2) is 0 Å². The van der Waals surface area contributed by atoms with Crippen molar-refractivity contribution in [3.05, 3.63) is 0 Å². The van der Waals surface area contributed by atoms with Crippen molar-refractivity contribution in [3.8, 4) is 0 Å². The number of methoxy groups -OCH3 is 1. The lowest BCUT2D eigenvalue weighted by atomic mass is 9.69. The van der Waals surface area contributed by atoms with E-state index in [4.69, 9.17) is 4.74 Å². The largest absolute Gasteiger partial charge is 0.381 e. The molecular formula is C10H20O. The Bertz CT molecular complexity index is 129. The number of hydrogen-bond acceptors (Lipinski definition) is 1.